The third-order valence-electron chi connectivity index (χ3n) is 5.09. The number of carbonyl (C=O) groups excluding carboxylic acids is 2. The Bertz CT molecular complexity index is 894. The zero-order valence-electron chi connectivity index (χ0n) is 17.9. The molecule has 0 aliphatic carbocycles. The highest BCUT2D eigenvalue weighted by atomic mass is 16.8. The third-order valence-corrected chi connectivity index (χ3v) is 5.09. The van der Waals surface area contributed by atoms with Gasteiger partial charge in [0.2, 0.25) is 6.79 Å². The predicted molar refractivity (Wildman–Crippen MR) is 111 cm³/mol. The molecule has 9 heteroatoms. The van der Waals surface area contributed by atoms with E-state index >= 15 is 0 Å². The van der Waals surface area contributed by atoms with Crippen molar-refractivity contribution in [3.8, 4) is 5.75 Å². The highest BCUT2D eigenvalue weighted by molar-refractivity contribution is 5.92. The molecular weight excluding hydrogens is 390 g/mol. The van der Waals surface area contributed by atoms with Gasteiger partial charge in [0.05, 0.1) is 12.6 Å². The van der Waals surface area contributed by atoms with Gasteiger partial charge < -0.3 is 28.7 Å². The van der Waals surface area contributed by atoms with Gasteiger partial charge in [0, 0.05) is 37.3 Å². The molecule has 1 atom stereocenters. The van der Waals surface area contributed by atoms with E-state index in [1.54, 1.807) is 19.4 Å². The molecule has 3 rings (SSSR count). The van der Waals surface area contributed by atoms with Crippen LogP contribution >= 0.6 is 0 Å². The maximum absolute atomic E-state index is 12.6. The molecule has 1 aromatic heterocycles. The second-order valence-electron chi connectivity index (χ2n) is 7.67. The Balaban J connectivity index is 1.63. The van der Waals surface area contributed by atoms with Crippen molar-refractivity contribution in [2.24, 2.45) is 0 Å². The molecule has 1 unspecified atom stereocenters. The number of hydrogen-bond donors (Lipinski definition) is 0. The number of likely N-dealkylation sites (tertiary alicyclic amines) is 1. The number of hydrogen-bond acceptors (Lipinski definition) is 8. The average molecular weight is 419 g/mol. The molecular formula is C21H29N3O6. The standard InChI is InChI=1S/C21H29N3O6/c1-22(2)9-7-15-12-24(19-11-16(27-4)5-6-18(15)19)20(25)28-14-29-21(26)30-17-8-10-23(3)13-17/h5-6,11-12,17H,7-10,13-14H2,1-4H3. The molecule has 1 aromatic carbocycles. The lowest BCUT2D eigenvalue weighted by atomic mass is 10.1. The number of methoxy groups -OCH3 is 1. The van der Waals surface area contributed by atoms with Gasteiger partial charge in [-0.2, -0.15) is 0 Å². The summed E-state index contributed by atoms with van der Waals surface area (Å²) in [6.45, 7) is 1.86. The first-order valence-corrected chi connectivity index (χ1v) is 9.89. The summed E-state index contributed by atoms with van der Waals surface area (Å²) in [6.07, 6.45) is 1.61. The van der Waals surface area contributed by atoms with E-state index in [4.69, 9.17) is 18.9 Å². The van der Waals surface area contributed by atoms with Crippen LogP contribution in [0.3, 0.4) is 0 Å². The Kier molecular flexibility index (Phi) is 7.17. The monoisotopic (exact) mass is 419 g/mol. The molecule has 1 aliphatic rings. The van der Waals surface area contributed by atoms with Crippen LogP contribution in [0.4, 0.5) is 9.59 Å². The molecule has 30 heavy (non-hydrogen) atoms. The number of aromatic nitrogens is 1. The molecule has 1 fully saturated rings. The summed E-state index contributed by atoms with van der Waals surface area (Å²) in [5, 5.41) is 0.945. The Labute approximate surface area is 176 Å². The maximum Gasteiger partial charge on any atom is 0.511 e. The summed E-state index contributed by atoms with van der Waals surface area (Å²) in [4.78, 5) is 28.6. The second kappa shape index (κ2) is 9.82. The number of rotatable bonds is 7. The summed E-state index contributed by atoms with van der Waals surface area (Å²) in [5.41, 5.74) is 1.69. The maximum atomic E-state index is 12.6. The van der Waals surface area contributed by atoms with E-state index in [2.05, 4.69) is 9.80 Å². The van der Waals surface area contributed by atoms with Gasteiger partial charge in [0.15, 0.2) is 0 Å². The first-order valence-electron chi connectivity index (χ1n) is 9.89. The third kappa shape index (κ3) is 5.43. The fourth-order valence-corrected chi connectivity index (χ4v) is 3.46. The number of benzene rings is 1. The highest BCUT2D eigenvalue weighted by Crippen LogP contribution is 2.26. The van der Waals surface area contributed by atoms with Crippen molar-refractivity contribution in [2.75, 3.05) is 54.7 Å². The number of ether oxygens (including phenoxy) is 4. The van der Waals surface area contributed by atoms with Crippen molar-refractivity contribution >= 4 is 23.2 Å². The van der Waals surface area contributed by atoms with E-state index in [-0.39, 0.29) is 6.10 Å². The molecule has 0 spiro atoms. The predicted octanol–water partition coefficient (Wildman–Crippen LogP) is 2.55. The van der Waals surface area contributed by atoms with Crippen molar-refractivity contribution in [2.45, 2.75) is 18.9 Å². The molecule has 2 heterocycles. The summed E-state index contributed by atoms with van der Waals surface area (Å²) in [6, 6.07) is 5.56. The SMILES string of the molecule is COc1ccc2c(CCN(C)C)cn(C(=O)OCOC(=O)OC3CCN(C)C3)c2c1. The van der Waals surface area contributed by atoms with Crippen LogP contribution in [-0.4, -0.2) is 87.4 Å². The van der Waals surface area contributed by atoms with Gasteiger partial charge in [-0.3, -0.25) is 4.57 Å². The summed E-state index contributed by atoms with van der Waals surface area (Å²) >= 11 is 0. The smallest absolute Gasteiger partial charge is 0.497 e. The Morgan fingerprint density at radius 2 is 2.03 bits per heavy atom. The molecule has 1 saturated heterocycles. The summed E-state index contributed by atoms with van der Waals surface area (Å²) in [7, 11) is 7.52. The van der Waals surface area contributed by atoms with E-state index in [1.165, 1.54) is 4.57 Å². The van der Waals surface area contributed by atoms with Gasteiger partial charge in [0.25, 0.3) is 0 Å². The Morgan fingerprint density at radius 3 is 2.70 bits per heavy atom. The lowest BCUT2D eigenvalue weighted by Crippen LogP contribution is -2.24. The largest absolute Gasteiger partial charge is 0.511 e. The van der Waals surface area contributed by atoms with E-state index in [0.717, 1.165) is 36.9 Å². The molecule has 0 bridgehead atoms. The number of carbonyl (C=O) groups is 2. The van der Waals surface area contributed by atoms with Crippen molar-refractivity contribution < 1.29 is 28.5 Å². The minimum atomic E-state index is -0.839. The minimum absolute atomic E-state index is 0.196. The van der Waals surface area contributed by atoms with E-state index in [1.807, 2.05) is 33.3 Å². The van der Waals surface area contributed by atoms with Gasteiger partial charge in [-0.05, 0) is 51.7 Å². The lowest BCUT2D eigenvalue weighted by Gasteiger charge is -2.12. The Morgan fingerprint density at radius 1 is 1.23 bits per heavy atom. The highest BCUT2D eigenvalue weighted by Gasteiger charge is 2.24. The zero-order valence-corrected chi connectivity index (χ0v) is 17.9. The van der Waals surface area contributed by atoms with Gasteiger partial charge >= 0.3 is 12.2 Å². The van der Waals surface area contributed by atoms with E-state index in [9.17, 15) is 9.59 Å². The lowest BCUT2D eigenvalue weighted by molar-refractivity contribution is -0.0273. The van der Waals surface area contributed by atoms with Gasteiger partial charge in [0.1, 0.15) is 11.9 Å². The molecule has 0 amide bonds. The van der Waals surface area contributed by atoms with Crippen LogP contribution in [0.15, 0.2) is 24.4 Å². The van der Waals surface area contributed by atoms with Crippen LogP contribution in [0.5, 0.6) is 5.75 Å². The molecule has 164 valence electrons. The van der Waals surface area contributed by atoms with Crippen LogP contribution in [0.2, 0.25) is 0 Å². The van der Waals surface area contributed by atoms with Crippen molar-refractivity contribution in [3.63, 3.8) is 0 Å². The summed E-state index contributed by atoms with van der Waals surface area (Å²) in [5.74, 6) is 0.634. The van der Waals surface area contributed by atoms with Crippen molar-refractivity contribution in [3.05, 3.63) is 30.0 Å². The quantitative estimate of drug-likeness (QED) is 0.500. The normalized spacial score (nSPS) is 16.8. The van der Waals surface area contributed by atoms with Crippen molar-refractivity contribution in [1.29, 1.82) is 0 Å². The molecule has 9 nitrogen and oxygen atoms in total. The van der Waals surface area contributed by atoms with Gasteiger partial charge in [-0.15, -0.1) is 0 Å². The molecule has 0 N–H and O–H groups in total. The second-order valence-corrected chi connectivity index (χ2v) is 7.67. The van der Waals surface area contributed by atoms with Crippen molar-refractivity contribution in [1.82, 2.24) is 14.4 Å². The van der Waals surface area contributed by atoms with Crippen LogP contribution < -0.4 is 4.74 Å². The van der Waals surface area contributed by atoms with E-state index in [0.29, 0.717) is 17.8 Å². The topological polar surface area (TPSA) is 82.5 Å². The van der Waals surface area contributed by atoms with Gasteiger partial charge in [-0.25, -0.2) is 9.59 Å². The number of fused-ring (bicyclic) bond motifs is 1. The first-order chi connectivity index (χ1) is 14.4. The van der Waals surface area contributed by atoms with Crippen LogP contribution in [0.1, 0.15) is 12.0 Å². The Hall–Kier alpha value is -2.78. The molecule has 2 aromatic rings. The molecule has 0 radical (unpaired) electrons. The fourth-order valence-electron chi connectivity index (χ4n) is 3.46. The van der Waals surface area contributed by atoms with Gasteiger partial charge in [-0.1, -0.05) is 0 Å². The van der Waals surface area contributed by atoms with Crippen LogP contribution in [0.25, 0.3) is 10.9 Å². The molecule has 0 saturated carbocycles. The first kappa shape index (κ1) is 21.9. The molecule has 1 aliphatic heterocycles. The zero-order chi connectivity index (χ0) is 21.7. The van der Waals surface area contributed by atoms with Crippen LogP contribution in [0, 0.1) is 0 Å². The van der Waals surface area contributed by atoms with E-state index < -0.39 is 19.0 Å². The summed E-state index contributed by atoms with van der Waals surface area (Å²) < 4.78 is 21.9. The van der Waals surface area contributed by atoms with Crippen LogP contribution in [-0.2, 0) is 20.6 Å². The fraction of sp³-hybridized carbons (Fsp3) is 0.524. The average Bonchev–Trinajstić information content (AvgIpc) is 3.28. The number of likely N-dealkylation sites (N-methyl/N-ethyl adjacent to an activating group) is 2. The minimum Gasteiger partial charge on any atom is -0.497 e. The number of nitrogens with zero attached hydrogens (tertiary/aromatic N) is 3.